The summed E-state index contributed by atoms with van der Waals surface area (Å²) in [7, 11) is 1.66. The van der Waals surface area contributed by atoms with Gasteiger partial charge < -0.3 is 4.74 Å². The molecule has 0 aliphatic heterocycles. The average Bonchev–Trinajstić information content (AvgIpc) is 2.53. The van der Waals surface area contributed by atoms with Crippen molar-refractivity contribution in [3.05, 3.63) is 66.2 Å². The van der Waals surface area contributed by atoms with Crippen LogP contribution in [0.5, 0.6) is 5.75 Å². The van der Waals surface area contributed by atoms with Gasteiger partial charge in [0.25, 0.3) is 0 Å². The van der Waals surface area contributed by atoms with Gasteiger partial charge in [0.15, 0.2) is 0 Å². The van der Waals surface area contributed by atoms with E-state index in [0.717, 1.165) is 27.6 Å². The number of hydrogen-bond donors (Lipinski definition) is 0. The van der Waals surface area contributed by atoms with Crippen LogP contribution in [0.2, 0.25) is 0 Å². The Morgan fingerprint density at radius 1 is 0.900 bits per heavy atom. The second kappa shape index (κ2) is 5.07. The smallest absolute Gasteiger partial charge is 0.119 e. The fourth-order valence-electron chi connectivity index (χ4n) is 2.44. The van der Waals surface area contributed by atoms with Crippen LogP contribution >= 0.6 is 0 Å². The normalized spacial score (nSPS) is 10.2. The lowest BCUT2D eigenvalue weighted by Gasteiger charge is -2.09. The maximum atomic E-state index is 9.26. The van der Waals surface area contributed by atoms with E-state index in [9.17, 15) is 5.26 Å². The molecule has 20 heavy (non-hydrogen) atoms. The van der Waals surface area contributed by atoms with Crippen molar-refractivity contribution in [2.45, 2.75) is 0 Å². The Hall–Kier alpha value is -2.79. The van der Waals surface area contributed by atoms with Crippen molar-refractivity contribution in [3.8, 4) is 22.9 Å². The third-order valence-electron chi connectivity index (χ3n) is 3.43. The van der Waals surface area contributed by atoms with Crippen molar-refractivity contribution in [1.82, 2.24) is 0 Å². The van der Waals surface area contributed by atoms with Gasteiger partial charge in [-0.3, -0.25) is 0 Å². The van der Waals surface area contributed by atoms with E-state index in [1.54, 1.807) is 7.11 Å². The van der Waals surface area contributed by atoms with Crippen molar-refractivity contribution in [2.24, 2.45) is 0 Å². The van der Waals surface area contributed by atoms with Gasteiger partial charge >= 0.3 is 0 Å². The Morgan fingerprint density at radius 2 is 1.70 bits per heavy atom. The lowest BCUT2D eigenvalue weighted by atomic mass is 9.95. The summed E-state index contributed by atoms with van der Waals surface area (Å²) in [4.78, 5) is 0. The molecular weight excluding hydrogens is 246 g/mol. The number of hydrogen-bond acceptors (Lipinski definition) is 2. The molecule has 0 aliphatic rings. The van der Waals surface area contributed by atoms with Crippen LogP contribution in [0, 0.1) is 11.3 Å². The highest BCUT2D eigenvalue weighted by Gasteiger charge is 2.08. The van der Waals surface area contributed by atoms with E-state index in [4.69, 9.17) is 4.74 Å². The van der Waals surface area contributed by atoms with Gasteiger partial charge in [-0.05, 0) is 34.5 Å². The monoisotopic (exact) mass is 259 g/mol. The Labute approximate surface area is 117 Å². The summed E-state index contributed by atoms with van der Waals surface area (Å²) < 4.78 is 5.26. The first-order valence-electron chi connectivity index (χ1n) is 6.40. The molecule has 0 spiro atoms. The fraction of sp³-hybridized carbons (Fsp3) is 0.0556. The van der Waals surface area contributed by atoms with Crippen molar-refractivity contribution in [2.75, 3.05) is 7.11 Å². The first-order chi connectivity index (χ1) is 9.83. The van der Waals surface area contributed by atoms with E-state index in [2.05, 4.69) is 12.1 Å². The Balaban J connectivity index is 2.29. The van der Waals surface area contributed by atoms with Crippen molar-refractivity contribution < 1.29 is 4.74 Å². The predicted molar refractivity (Wildman–Crippen MR) is 80.7 cm³/mol. The highest BCUT2D eigenvalue weighted by atomic mass is 16.5. The van der Waals surface area contributed by atoms with Crippen molar-refractivity contribution in [1.29, 1.82) is 5.26 Å². The van der Waals surface area contributed by atoms with Crippen molar-refractivity contribution >= 4 is 10.8 Å². The number of ether oxygens (including phenoxy) is 1. The van der Waals surface area contributed by atoms with Gasteiger partial charge in [0, 0.05) is 5.56 Å². The van der Waals surface area contributed by atoms with E-state index < -0.39 is 0 Å². The summed E-state index contributed by atoms with van der Waals surface area (Å²) in [6.07, 6.45) is 0. The summed E-state index contributed by atoms with van der Waals surface area (Å²) in [5, 5.41) is 11.5. The van der Waals surface area contributed by atoms with Gasteiger partial charge in [0.2, 0.25) is 0 Å². The van der Waals surface area contributed by atoms with Gasteiger partial charge in [0.1, 0.15) is 5.75 Å². The number of methoxy groups -OCH3 is 1. The van der Waals surface area contributed by atoms with Crippen LogP contribution in [-0.4, -0.2) is 7.11 Å². The number of benzene rings is 3. The van der Waals surface area contributed by atoms with Crippen LogP contribution in [-0.2, 0) is 0 Å². The lowest BCUT2D eigenvalue weighted by molar-refractivity contribution is 0.415. The minimum absolute atomic E-state index is 0.691. The van der Waals surface area contributed by atoms with E-state index in [-0.39, 0.29) is 0 Å². The molecule has 0 aromatic heterocycles. The zero-order chi connectivity index (χ0) is 13.9. The van der Waals surface area contributed by atoms with Gasteiger partial charge in [-0.2, -0.15) is 5.26 Å². The summed E-state index contributed by atoms with van der Waals surface area (Å²) in [5.74, 6) is 0.836. The quantitative estimate of drug-likeness (QED) is 0.684. The maximum Gasteiger partial charge on any atom is 0.119 e. The Morgan fingerprint density at radius 3 is 2.50 bits per heavy atom. The van der Waals surface area contributed by atoms with Crippen molar-refractivity contribution in [3.63, 3.8) is 0 Å². The molecule has 0 unspecified atom stereocenters. The fourth-order valence-corrected chi connectivity index (χ4v) is 2.44. The summed E-state index contributed by atoms with van der Waals surface area (Å²) in [5.41, 5.74) is 2.73. The molecule has 0 amide bonds. The number of fused-ring (bicyclic) bond motifs is 1. The summed E-state index contributed by atoms with van der Waals surface area (Å²) in [6.45, 7) is 0. The molecule has 3 rings (SSSR count). The molecule has 0 bridgehead atoms. The second-order valence-electron chi connectivity index (χ2n) is 4.55. The van der Waals surface area contributed by atoms with Crippen LogP contribution in [0.15, 0.2) is 60.7 Å². The molecule has 0 atom stereocenters. The first kappa shape index (κ1) is 12.3. The Bertz CT molecular complexity index is 815. The predicted octanol–water partition coefficient (Wildman–Crippen LogP) is 4.39. The molecule has 0 fully saturated rings. The molecule has 0 heterocycles. The molecule has 2 heteroatoms. The molecule has 3 aromatic rings. The molecule has 3 aromatic carbocycles. The van der Waals surface area contributed by atoms with E-state index >= 15 is 0 Å². The average molecular weight is 259 g/mol. The van der Waals surface area contributed by atoms with Gasteiger partial charge in [-0.15, -0.1) is 0 Å². The third kappa shape index (κ3) is 2.00. The highest BCUT2D eigenvalue weighted by molar-refractivity contribution is 5.98. The van der Waals surface area contributed by atoms with Crippen LogP contribution in [0.25, 0.3) is 21.9 Å². The zero-order valence-corrected chi connectivity index (χ0v) is 11.1. The molecule has 0 saturated carbocycles. The van der Waals surface area contributed by atoms with E-state index in [1.807, 2.05) is 54.6 Å². The first-order valence-corrected chi connectivity index (χ1v) is 6.40. The van der Waals surface area contributed by atoms with Crippen LogP contribution in [0.1, 0.15) is 5.56 Å². The second-order valence-corrected chi connectivity index (χ2v) is 4.55. The van der Waals surface area contributed by atoms with Gasteiger partial charge in [0.05, 0.1) is 18.7 Å². The minimum Gasteiger partial charge on any atom is -0.497 e. The zero-order valence-electron chi connectivity index (χ0n) is 11.1. The highest BCUT2D eigenvalue weighted by Crippen LogP contribution is 2.32. The largest absolute Gasteiger partial charge is 0.497 e. The standard InChI is InChI=1S/C18H13NO/c1-20-15-9-10-17-13(11-15)6-4-8-18(17)16-7-3-2-5-14(16)12-19/h2-11H,1H3. The SMILES string of the molecule is COc1ccc2c(-c3ccccc3C#N)cccc2c1. The lowest BCUT2D eigenvalue weighted by Crippen LogP contribution is -1.87. The summed E-state index contributed by atoms with van der Waals surface area (Å²) in [6, 6.07) is 22.0. The molecule has 0 N–H and O–H groups in total. The molecule has 2 nitrogen and oxygen atoms in total. The number of nitrogens with zero attached hydrogens (tertiary/aromatic N) is 1. The molecule has 0 aliphatic carbocycles. The van der Waals surface area contributed by atoms with Crippen LogP contribution < -0.4 is 4.74 Å². The number of nitriles is 1. The van der Waals surface area contributed by atoms with E-state index in [1.165, 1.54) is 0 Å². The van der Waals surface area contributed by atoms with E-state index in [0.29, 0.717) is 5.56 Å². The number of rotatable bonds is 2. The molecule has 0 saturated heterocycles. The Kier molecular flexibility index (Phi) is 3.10. The molecule has 0 radical (unpaired) electrons. The van der Waals surface area contributed by atoms with Gasteiger partial charge in [-0.1, -0.05) is 42.5 Å². The topological polar surface area (TPSA) is 33.0 Å². The van der Waals surface area contributed by atoms with Crippen LogP contribution in [0.3, 0.4) is 0 Å². The third-order valence-corrected chi connectivity index (χ3v) is 3.43. The molecule has 96 valence electrons. The van der Waals surface area contributed by atoms with Crippen LogP contribution in [0.4, 0.5) is 0 Å². The van der Waals surface area contributed by atoms with Gasteiger partial charge in [-0.25, -0.2) is 0 Å². The molecular formula is C18H13NO. The minimum atomic E-state index is 0.691. The summed E-state index contributed by atoms with van der Waals surface area (Å²) >= 11 is 0. The maximum absolute atomic E-state index is 9.26.